The molecule has 1 aromatic carbocycles. The number of rotatable bonds is 4. The van der Waals surface area contributed by atoms with Gasteiger partial charge in [-0.25, -0.2) is 4.98 Å². The zero-order valence-electron chi connectivity index (χ0n) is 11.3. The van der Waals surface area contributed by atoms with Crippen LogP contribution in [0.25, 0.3) is 10.2 Å². The smallest absolute Gasteiger partial charge is 0.237 e. The Morgan fingerprint density at radius 2 is 2.43 bits per heavy atom. The maximum Gasteiger partial charge on any atom is 0.237 e. The minimum Gasteiger partial charge on any atom is -0.392 e. The van der Waals surface area contributed by atoms with Gasteiger partial charge in [0.1, 0.15) is 0 Å². The summed E-state index contributed by atoms with van der Waals surface area (Å²) in [6, 6.07) is 5.37. The minimum absolute atomic E-state index is 0.0595. The first-order chi connectivity index (χ1) is 10.1. The molecule has 2 heterocycles. The number of fused-ring (bicyclic) bond motifs is 1. The van der Waals surface area contributed by atoms with Gasteiger partial charge in [-0.1, -0.05) is 11.6 Å². The number of thiazole rings is 1. The third-order valence-electron chi connectivity index (χ3n) is 3.46. The number of nitrogens with zero attached hydrogens (tertiary/aromatic N) is 1. The van der Waals surface area contributed by atoms with Crippen LogP contribution >= 0.6 is 22.9 Å². The fourth-order valence-corrected chi connectivity index (χ4v) is 3.50. The molecule has 1 fully saturated rings. The Bertz CT molecular complexity index is 661. The zero-order valence-corrected chi connectivity index (χ0v) is 12.9. The monoisotopic (exact) mass is 325 g/mol. The quantitative estimate of drug-likeness (QED) is 0.793. The number of β-amino-alcohol motifs (C(OH)–C–C–N with tert-alkyl or cyclic N) is 1. The summed E-state index contributed by atoms with van der Waals surface area (Å²) in [6.07, 6.45) is 0.749. The highest BCUT2D eigenvalue weighted by atomic mass is 35.5. The summed E-state index contributed by atoms with van der Waals surface area (Å²) in [6.45, 7) is 1.03. The average molecular weight is 326 g/mol. The molecule has 0 bridgehead atoms. The molecule has 3 N–H and O–H groups in total. The molecule has 2 atom stereocenters. The van der Waals surface area contributed by atoms with Crippen molar-refractivity contribution in [3.8, 4) is 0 Å². The van der Waals surface area contributed by atoms with Crippen LogP contribution in [0.4, 0.5) is 0 Å². The van der Waals surface area contributed by atoms with Gasteiger partial charge in [-0.05, 0) is 24.6 Å². The van der Waals surface area contributed by atoms with Crippen molar-refractivity contribution in [3.63, 3.8) is 0 Å². The van der Waals surface area contributed by atoms with Crippen molar-refractivity contribution in [2.24, 2.45) is 0 Å². The van der Waals surface area contributed by atoms with Crippen molar-refractivity contribution in [1.82, 2.24) is 15.6 Å². The van der Waals surface area contributed by atoms with Crippen LogP contribution in [-0.4, -0.2) is 41.2 Å². The predicted molar refractivity (Wildman–Crippen MR) is 83.8 cm³/mol. The van der Waals surface area contributed by atoms with E-state index in [1.165, 1.54) is 0 Å². The van der Waals surface area contributed by atoms with E-state index in [-0.39, 0.29) is 11.9 Å². The molecule has 1 amide bonds. The summed E-state index contributed by atoms with van der Waals surface area (Å²) < 4.78 is 1.10. The Balaban J connectivity index is 1.53. The largest absolute Gasteiger partial charge is 0.392 e. The molecule has 1 aliphatic rings. The van der Waals surface area contributed by atoms with Crippen molar-refractivity contribution in [2.75, 3.05) is 13.1 Å². The van der Waals surface area contributed by atoms with Crippen LogP contribution in [0, 0.1) is 0 Å². The number of hydrogen-bond donors (Lipinski definition) is 3. The lowest BCUT2D eigenvalue weighted by Crippen LogP contribution is -2.41. The highest BCUT2D eigenvalue weighted by Gasteiger charge is 2.27. The van der Waals surface area contributed by atoms with E-state index >= 15 is 0 Å². The molecule has 21 heavy (non-hydrogen) atoms. The first-order valence-corrected chi connectivity index (χ1v) is 8.05. The first-order valence-electron chi connectivity index (χ1n) is 6.86. The van der Waals surface area contributed by atoms with Gasteiger partial charge in [0.05, 0.1) is 27.4 Å². The standard InChI is InChI=1S/C14H16ClN3O2S/c15-8-1-2-12-10(5-8)18-13(21-12)3-4-16-14(20)11-6-9(19)7-17-11/h1-2,5,9,11,17,19H,3-4,6-7H2,(H,16,20)/t9-,11+/m0/s1. The third-order valence-corrected chi connectivity index (χ3v) is 4.79. The lowest BCUT2D eigenvalue weighted by Gasteiger charge is -2.10. The van der Waals surface area contributed by atoms with Gasteiger partial charge in [0.25, 0.3) is 0 Å². The normalized spacial score (nSPS) is 21.8. The average Bonchev–Trinajstić information content (AvgIpc) is 3.04. The first kappa shape index (κ1) is 14.7. The summed E-state index contributed by atoms with van der Waals surface area (Å²) in [5, 5.41) is 16.9. The summed E-state index contributed by atoms with van der Waals surface area (Å²) in [5.74, 6) is -0.0595. The number of aliphatic hydroxyl groups excluding tert-OH is 1. The Labute approximate surface area is 131 Å². The molecule has 7 heteroatoms. The molecule has 5 nitrogen and oxygen atoms in total. The zero-order chi connectivity index (χ0) is 14.8. The number of amides is 1. The molecular formula is C14H16ClN3O2S. The van der Waals surface area contributed by atoms with Crippen LogP contribution in [0.2, 0.25) is 5.02 Å². The molecule has 0 unspecified atom stereocenters. The van der Waals surface area contributed by atoms with Crippen LogP contribution in [0.1, 0.15) is 11.4 Å². The van der Waals surface area contributed by atoms with E-state index in [2.05, 4.69) is 15.6 Å². The van der Waals surface area contributed by atoms with Gasteiger partial charge in [0.2, 0.25) is 5.91 Å². The summed E-state index contributed by atoms with van der Waals surface area (Å²) >= 11 is 7.55. The fourth-order valence-electron chi connectivity index (χ4n) is 2.39. The van der Waals surface area contributed by atoms with E-state index in [1.54, 1.807) is 11.3 Å². The number of benzene rings is 1. The van der Waals surface area contributed by atoms with E-state index in [0.717, 1.165) is 15.2 Å². The van der Waals surface area contributed by atoms with Crippen LogP contribution in [-0.2, 0) is 11.2 Å². The topological polar surface area (TPSA) is 74.2 Å². The SMILES string of the molecule is O=C(NCCc1nc2cc(Cl)ccc2s1)[C@H]1C[C@H](O)CN1. The Morgan fingerprint density at radius 3 is 3.19 bits per heavy atom. The molecular weight excluding hydrogens is 310 g/mol. The van der Waals surface area contributed by atoms with E-state index in [9.17, 15) is 9.90 Å². The molecule has 112 valence electrons. The molecule has 2 aromatic rings. The van der Waals surface area contributed by atoms with Gasteiger partial charge in [-0.3, -0.25) is 4.79 Å². The van der Waals surface area contributed by atoms with Gasteiger partial charge in [-0.2, -0.15) is 0 Å². The fraction of sp³-hybridized carbons (Fsp3) is 0.429. The summed E-state index contributed by atoms with van der Waals surface area (Å²) in [5.41, 5.74) is 0.898. The number of nitrogens with one attached hydrogen (secondary N) is 2. The lowest BCUT2D eigenvalue weighted by molar-refractivity contribution is -0.122. The summed E-state index contributed by atoms with van der Waals surface area (Å²) in [4.78, 5) is 16.4. The molecule has 1 aliphatic heterocycles. The Morgan fingerprint density at radius 1 is 1.57 bits per heavy atom. The molecule has 0 radical (unpaired) electrons. The predicted octanol–water partition coefficient (Wildman–Crippen LogP) is 1.33. The molecule has 3 rings (SSSR count). The van der Waals surface area contributed by atoms with E-state index in [0.29, 0.717) is 31.0 Å². The number of aromatic nitrogens is 1. The van der Waals surface area contributed by atoms with Crippen molar-refractivity contribution in [1.29, 1.82) is 0 Å². The van der Waals surface area contributed by atoms with Crippen LogP contribution in [0.15, 0.2) is 18.2 Å². The van der Waals surface area contributed by atoms with Gasteiger partial charge < -0.3 is 15.7 Å². The highest BCUT2D eigenvalue weighted by molar-refractivity contribution is 7.18. The van der Waals surface area contributed by atoms with E-state index in [1.807, 2.05) is 18.2 Å². The number of aliphatic hydroxyl groups is 1. The second-order valence-electron chi connectivity index (χ2n) is 5.11. The molecule has 1 saturated heterocycles. The van der Waals surface area contributed by atoms with E-state index in [4.69, 9.17) is 11.6 Å². The third kappa shape index (κ3) is 3.52. The van der Waals surface area contributed by atoms with Crippen molar-refractivity contribution in [3.05, 3.63) is 28.2 Å². The number of hydrogen-bond acceptors (Lipinski definition) is 5. The molecule has 0 saturated carbocycles. The van der Waals surface area contributed by atoms with Crippen molar-refractivity contribution in [2.45, 2.75) is 25.0 Å². The van der Waals surface area contributed by atoms with Crippen molar-refractivity contribution < 1.29 is 9.90 Å². The van der Waals surface area contributed by atoms with Gasteiger partial charge in [0.15, 0.2) is 0 Å². The number of halogens is 1. The highest BCUT2D eigenvalue weighted by Crippen LogP contribution is 2.25. The summed E-state index contributed by atoms with van der Waals surface area (Å²) in [7, 11) is 0. The molecule has 0 spiro atoms. The molecule has 1 aromatic heterocycles. The maximum absolute atomic E-state index is 11.9. The van der Waals surface area contributed by atoms with E-state index < -0.39 is 6.10 Å². The van der Waals surface area contributed by atoms with Crippen LogP contribution in [0.5, 0.6) is 0 Å². The Hall–Kier alpha value is -1.21. The van der Waals surface area contributed by atoms with Gasteiger partial charge in [0, 0.05) is 24.5 Å². The van der Waals surface area contributed by atoms with Gasteiger partial charge >= 0.3 is 0 Å². The number of carbonyl (C=O) groups is 1. The number of carbonyl (C=O) groups excluding carboxylic acids is 1. The molecule has 0 aliphatic carbocycles. The van der Waals surface area contributed by atoms with Crippen molar-refractivity contribution >= 4 is 39.1 Å². The maximum atomic E-state index is 11.9. The minimum atomic E-state index is -0.422. The van der Waals surface area contributed by atoms with Crippen LogP contribution < -0.4 is 10.6 Å². The second-order valence-corrected chi connectivity index (χ2v) is 6.66. The lowest BCUT2D eigenvalue weighted by atomic mass is 10.2. The second kappa shape index (κ2) is 6.27. The van der Waals surface area contributed by atoms with Gasteiger partial charge in [-0.15, -0.1) is 11.3 Å². The Kier molecular flexibility index (Phi) is 4.40. The van der Waals surface area contributed by atoms with Crippen LogP contribution in [0.3, 0.4) is 0 Å².